The number of hydrogen-bond donors (Lipinski definition) is 1. The normalized spacial score (nSPS) is 17.0. The van der Waals surface area contributed by atoms with Gasteiger partial charge in [0, 0.05) is 26.2 Å². The fraction of sp³-hybridized carbons (Fsp3) is 0.444. The summed E-state index contributed by atoms with van der Waals surface area (Å²) in [6.07, 6.45) is 3.76. The number of rotatable bonds is 6. The van der Waals surface area contributed by atoms with E-state index in [0.29, 0.717) is 5.95 Å². The topological polar surface area (TPSA) is 52.5 Å². The standard InChI is InChI=1S/C18H23FN4O/c19-16-13-20-18(21-14-16)23-11-9-22(10-12-23)8-4-7-17(24)15-5-2-1-3-6-15/h1-3,5-6,13-14,17,24H,4,7-12H2. The number of aliphatic hydroxyl groups excluding tert-OH is 1. The largest absolute Gasteiger partial charge is 0.388 e. The second kappa shape index (κ2) is 8.17. The first-order valence-corrected chi connectivity index (χ1v) is 8.40. The second-order valence-corrected chi connectivity index (χ2v) is 6.10. The number of halogens is 1. The highest BCUT2D eigenvalue weighted by Crippen LogP contribution is 2.18. The average molecular weight is 330 g/mol. The van der Waals surface area contributed by atoms with Gasteiger partial charge in [-0.15, -0.1) is 0 Å². The third-order valence-electron chi connectivity index (χ3n) is 4.40. The number of aliphatic hydroxyl groups is 1. The zero-order valence-corrected chi connectivity index (χ0v) is 13.7. The van der Waals surface area contributed by atoms with Crippen LogP contribution in [0, 0.1) is 5.82 Å². The Balaban J connectivity index is 1.39. The molecule has 2 heterocycles. The van der Waals surface area contributed by atoms with Crippen molar-refractivity contribution in [1.82, 2.24) is 14.9 Å². The van der Waals surface area contributed by atoms with Crippen molar-refractivity contribution in [2.24, 2.45) is 0 Å². The minimum Gasteiger partial charge on any atom is -0.388 e. The summed E-state index contributed by atoms with van der Waals surface area (Å²) in [7, 11) is 0. The van der Waals surface area contributed by atoms with Crippen molar-refractivity contribution < 1.29 is 9.50 Å². The molecule has 0 bridgehead atoms. The lowest BCUT2D eigenvalue weighted by Crippen LogP contribution is -2.47. The van der Waals surface area contributed by atoms with Crippen LogP contribution in [-0.2, 0) is 0 Å². The highest BCUT2D eigenvalue weighted by molar-refractivity contribution is 5.29. The number of aromatic nitrogens is 2. The van der Waals surface area contributed by atoms with Crippen molar-refractivity contribution in [3.63, 3.8) is 0 Å². The minimum absolute atomic E-state index is 0.389. The number of piperazine rings is 1. The van der Waals surface area contributed by atoms with Crippen LogP contribution in [0.15, 0.2) is 42.7 Å². The quantitative estimate of drug-likeness (QED) is 0.880. The highest BCUT2D eigenvalue weighted by Gasteiger charge is 2.19. The van der Waals surface area contributed by atoms with Crippen LogP contribution in [-0.4, -0.2) is 52.7 Å². The van der Waals surface area contributed by atoms with Gasteiger partial charge in [-0.1, -0.05) is 30.3 Å². The number of hydrogen-bond acceptors (Lipinski definition) is 5. The molecule has 1 aromatic carbocycles. The van der Waals surface area contributed by atoms with E-state index in [4.69, 9.17) is 0 Å². The number of benzene rings is 1. The Bertz CT molecular complexity index is 615. The van der Waals surface area contributed by atoms with E-state index >= 15 is 0 Å². The molecule has 1 fully saturated rings. The monoisotopic (exact) mass is 330 g/mol. The first-order valence-electron chi connectivity index (χ1n) is 8.40. The number of nitrogens with zero attached hydrogens (tertiary/aromatic N) is 4. The van der Waals surface area contributed by atoms with Gasteiger partial charge in [-0.3, -0.25) is 4.90 Å². The molecule has 5 nitrogen and oxygen atoms in total. The molecule has 2 aromatic rings. The van der Waals surface area contributed by atoms with E-state index in [0.717, 1.165) is 51.1 Å². The molecule has 0 saturated carbocycles. The van der Waals surface area contributed by atoms with Crippen LogP contribution in [0.1, 0.15) is 24.5 Å². The average Bonchev–Trinajstić information content (AvgIpc) is 2.64. The van der Waals surface area contributed by atoms with Crippen molar-refractivity contribution in [3.05, 3.63) is 54.1 Å². The van der Waals surface area contributed by atoms with Gasteiger partial charge in [-0.25, -0.2) is 14.4 Å². The van der Waals surface area contributed by atoms with Crippen LogP contribution in [0.2, 0.25) is 0 Å². The van der Waals surface area contributed by atoms with Gasteiger partial charge >= 0.3 is 0 Å². The maximum absolute atomic E-state index is 12.9. The van der Waals surface area contributed by atoms with Gasteiger partial charge in [0.15, 0.2) is 5.82 Å². The lowest BCUT2D eigenvalue weighted by atomic mass is 10.0. The van der Waals surface area contributed by atoms with Crippen LogP contribution in [0.4, 0.5) is 10.3 Å². The summed E-state index contributed by atoms with van der Waals surface area (Å²) in [4.78, 5) is 12.5. The molecule has 1 saturated heterocycles. The van der Waals surface area contributed by atoms with Crippen LogP contribution in [0.5, 0.6) is 0 Å². The molecule has 1 atom stereocenters. The molecule has 1 N–H and O–H groups in total. The Morgan fingerprint density at radius 3 is 2.38 bits per heavy atom. The Kier molecular flexibility index (Phi) is 5.72. The van der Waals surface area contributed by atoms with Gasteiger partial charge in [0.25, 0.3) is 0 Å². The lowest BCUT2D eigenvalue weighted by molar-refractivity contribution is 0.154. The van der Waals surface area contributed by atoms with E-state index in [1.807, 2.05) is 30.3 Å². The third-order valence-corrected chi connectivity index (χ3v) is 4.40. The summed E-state index contributed by atoms with van der Waals surface area (Å²) in [5, 5.41) is 10.2. The van der Waals surface area contributed by atoms with Gasteiger partial charge < -0.3 is 10.0 Å². The summed E-state index contributed by atoms with van der Waals surface area (Å²) in [5.74, 6) is 0.185. The molecule has 0 radical (unpaired) electrons. The van der Waals surface area contributed by atoms with Crippen molar-refractivity contribution in [2.45, 2.75) is 18.9 Å². The Labute approximate surface area is 141 Å². The molecule has 1 unspecified atom stereocenters. The smallest absolute Gasteiger partial charge is 0.225 e. The van der Waals surface area contributed by atoms with Gasteiger partial charge in [-0.2, -0.15) is 0 Å². The van der Waals surface area contributed by atoms with Gasteiger partial charge in [0.2, 0.25) is 5.95 Å². The fourth-order valence-electron chi connectivity index (χ4n) is 2.99. The molecule has 1 aromatic heterocycles. The molecule has 24 heavy (non-hydrogen) atoms. The third kappa shape index (κ3) is 4.49. The molecule has 1 aliphatic heterocycles. The van der Waals surface area contributed by atoms with Crippen molar-refractivity contribution in [1.29, 1.82) is 0 Å². The maximum atomic E-state index is 12.9. The van der Waals surface area contributed by atoms with Crippen molar-refractivity contribution >= 4 is 5.95 Å². The van der Waals surface area contributed by atoms with Crippen LogP contribution in [0.3, 0.4) is 0 Å². The molecule has 1 aliphatic rings. The van der Waals surface area contributed by atoms with E-state index in [-0.39, 0.29) is 6.10 Å². The van der Waals surface area contributed by atoms with Crippen LogP contribution < -0.4 is 4.90 Å². The van der Waals surface area contributed by atoms with E-state index in [9.17, 15) is 9.50 Å². The van der Waals surface area contributed by atoms with E-state index in [1.165, 1.54) is 12.4 Å². The molecule has 6 heteroatoms. The lowest BCUT2D eigenvalue weighted by Gasteiger charge is -2.34. The van der Waals surface area contributed by atoms with Gasteiger partial charge in [-0.05, 0) is 24.9 Å². The minimum atomic E-state index is -0.408. The number of anilines is 1. The zero-order chi connectivity index (χ0) is 16.8. The molecule has 0 amide bonds. The van der Waals surface area contributed by atoms with Crippen molar-refractivity contribution in [2.75, 3.05) is 37.6 Å². The molecule has 3 rings (SSSR count). The fourth-order valence-corrected chi connectivity index (χ4v) is 2.99. The second-order valence-electron chi connectivity index (χ2n) is 6.10. The van der Waals surface area contributed by atoms with Crippen LogP contribution >= 0.6 is 0 Å². The molecule has 0 spiro atoms. The van der Waals surface area contributed by atoms with E-state index < -0.39 is 5.82 Å². The summed E-state index contributed by atoms with van der Waals surface area (Å²) >= 11 is 0. The summed E-state index contributed by atoms with van der Waals surface area (Å²) in [6, 6.07) is 9.80. The maximum Gasteiger partial charge on any atom is 0.225 e. The predicted octanol–water partition coefficient (Wildman–Crippen LogP) is 2.25. The SMILES string of the molecule is OC(CCCN1CCN(c2ncc(F)cn2)CC1)c1ccccc1. The zero-order valence-electron chi connectivity index (χ0n) is 13.7. The Morgan fingerprint density at radius 2 is 1.71 bits per heavy atom. The summed E-state index contributed by atoms with van der Waals surface area (Å²) in [5.41, 5.74) is 0.982. The van der Waals surface area contributed by atoms with Gasteiger partial charge in [0.1, 0.15) is 0 Å². The molecular formula is C18H23FN4O. The van der Waals surface area contributed by atoms with Crippen molar-refractivity contribution in [3.8, 4) is 0 Å². The predicted molar refractivity (Wildman–Crippen MR) is 91.3 cm³/mol. The Hall–Kier alpha value is -2.05. The first kappa shape index (κ1) is 16.8. The first-order chi connectivity index (χ1) is 11.7. The van der Waals surface area contributed by atoms with E-state index in [1.54, 1.807) is 0 Å². The summed E-state index contributed by atoms with van der Waals surface area (Å²) in [6.45, 7) is 4.52. The Morgan fingerprint density at radius 1 is 1.04 bits per heavy atom. The molecular weight excluding hydrogens is 307 g/mol. The van der Waals surface area contributed by atoms with E-state index in [2.05, 4.69) is 19.8 Å². The van der Waals surface area contributed by atoms with Crippen LogP contribution in [0.25, 0.3) is 0 Å². The highest BCUT2D eigenvalue weighted by atomic mass is 19.1. The van der Waals surface area contributed by atoms with Gasteiger partial charge in [0.05, 0.1) is 18.5 Å². The molecule has 0 aliphatic carbocycles. The molecule has 128 valence electrons. The summed E-state index contributed by atoms with van der Waals surface area (Å²) < 4.78 is 12.9.